The molecule has 0 aliphatic carbocycles. The standard InChI is InChI=1S/C16H19ClN2O2S.ClH/c17-15-8-4-5-9-16(15)22(20,21)19(13-11-18)12-10-14-6-2-1-3-7-14;/h1-9H,10-13,18H2;1H. The highest BCUT2D eigenvalue weighted by Crippen LogP contribution is 2.24. The molecular weight excluding hydrogens is 355 g/mol. The number of hydrogen-bond acceptors (Lipinski definition) is 3. The summed E-state index contributed by atoms with van der Waals surface area (Å²) in [6, 6.07) is 16.2. The fourth-order valence-electron chi connectivity index (χ4n) is 2.19. The highest BCUT2D eigenvalue weighted by molar-refractivity contribution is 7.89. The highest BCUT2D eigenvalue weighted by Gasteiger charge is 2.25. The van der Waals surface area contributed by atoms with Gasteiger partial charge in [0.2, 0.25) is 10.0 Å². The Kier molecular flexibility index (Phi) is 8.02. The van der Waals surface area contributed by atoms with E-state index in [1.54, 1.807) is 18.2 Å². The normalized spacial score (nSPS) is 11.3. The Hall–Kier alpha value is -1.11. The molecule has 0 unspecified atom stereocenters. The van der Waals surface area contributed by atoms with Crippen LogP contribution in [-0.2, 0) is 16.4 Å². The summed E-state index contributed by atoms with van der Waals surface area (Å²) >= 11 is 6.03. The van der Waals surface area contributed by atoms with Crippen LogP contribution in [0.5, 0.6) is 0 Å². The van der Waals surface area contributed by atoms with Crippen molar-refractivity contribution in [3.63, 3.8) is 0 Å². The Balaban J connectivity index is 0.00000264. The third kappa shape index (κ3) is 5.19. The lowest BCUT2D eigenvalue weighted by atomic mass is 10.1. The molecule has 0 atom stereocenters. The molecule has 0 saturated heterocycles. The fraction of sp³-hybridized carbons (Fsp3) is 0.250. The third-order valence-corrected chi connectivity index (χ3v) is 5.72. The smallest absolute Gasteiger partial charge is 0.244 e. The minimum Gasteiger partial charge on any atom is -0.329 e. The van der Waals surface area contributed by atoms with Gasteiger partial charge in [-0.1, -0.05) is 54.1 Å². The summed E-state index contributed by atoms with van der Waals surface area (Å²) in [6.45, 7) is 0.896. The maximum Gasteiger partial charge on any atom is 0.244 e. The van der Waals surface area contributed by atoms with E-state index in [4.69, 9.17) is 17.3 Å². The summed E-state index contributed by atoms with van der Waals surface area (Å²) in [6.07, 6.45) is 0.629. The van der Waals surface area contributed by atoms with Crippen LogP contribution >= 0.6 is 24.0 Å². The summed E-state index contributed by atoms with van der Waals surface area (Å²) < 4.78 is 26.9. The molecule has 0 spiro atoms. The first-order valence-corrected chi connectivity index (χ1v) is 8.86. The van der Waals surface area contributed by atoms with Crippen LogP contribution in [0, 0.1) is 0 Å². The SMILES string of the molecule is Cl.NCCN(CCc1ccccc1)S(=O)(=O)c1ccccc1Cl. The van der Waals surface area contributed by atoms with Gasteiger partial charge in [-0.05, 0) is 24.1 Å². The van der Waals surface area contributed by atoms with Crippen LogP contribution in [0.3, 0.4) is 0 Å². The van der Waals surface area contributed by atoms with Gasteiger partial charge in [0.05, 0.1) is 5.02 Å². The minimum absolute atomic E-state index is 0. The largest absolute Gasteiger partial charge is 0.329 e. The van der Waals surface area contributed by atoms with Crippen molar-refractivity contribution in [3.05, 3.63) is 65.2 Å². The van der Waals surface area contributed by atoms with E-state index >= 15 is 0 Å². The molecule has 0 heterocycles. The van der Waals surface area contributed by atoms with Crippen LogP contribution in [0.1, 0.15) is 5.56 Å². The summed E-state index contributed by atoms with van der Waals surface area (Å²) in [4.78, 5) is 0.123. The summed E-state index contributed by atoms with van der Waals surface area (Å²) in [5.41, 5.74) is 6.65. The van der Waals surface area contributed by atoms with Crippen molar-refractivity contribution in [1.29, 1.82) is 0 Å². The molecule has 0 aliphatic heterocycles. The van der Waals surface area contributed by atoms with E-state index in [1.807, 2.05) is 30.3 Å². The lowest BCUT2D eigenvalue weighted by molar-refractivity contribution is 0.421. The third-order valence-electron chi connectivity index (χ3n) is 3.33. The van der Waals surface area contributed by atoms with Gasteiger partial charge >= 0.3 is 0 Å². The molecule has 7 heteroatoms. The van der Waals surface area contributed by atoms with Crippen LogP contribution in [0.4, 0.5) is 0 Å². The average molecular weight is 375 g/mol. The van der Waals surface area contributed by atoms with Gasteiger partial charge in [0.15, 0.2) is 0 Å². The molecule has 2 aromatic carbocycles. The highest BCUT2D eigenvalue weighted by atomic mass is 35.5. The molecule has 23 heavy (non-hydrogen) atoms. The van der Waals surface area contributed by atoms with Crippen molar-refractivity contribution in [3.8, 4) is 0 Å². The molecule has 0 amide bonds. The number of rotatable bonds is 7. The maximum atomic E-state index is 12.8. The van der Waals surface area contributed by atoms with Crippen molar-refractivity contribution in [2.45, 2.75) is 11.3 Å². The molecule has 0 saturated carbocycles. The molecule has 0 aliphatic rings. The number of benzene rings is 2. The van der Waals surface area contributed by atoms with Crippen molar-refractivity contribution in [2.75, 3.05) is 19.6 Å². The second kappa shape index (κ2) is 9.25. The van der Waals surface area contributed by atoms with E-state index in [1.165, 1.54) is 10.4 Å². The summed E-state index contributed by atoms with van der Waals surface area (Å²) in [5, 5.41) is 0.226. The maximum absolute atomic E-state index is 12.8. The summed E-state index contributed by atoms with van der Waals surface area (Å²) in [7, 11) is -3.64. The molecule has 2 rings (SSSR count). The monoisotopic (exact) mass is 374 g/mol. The van der Waals surface area contributed by atoms with Gasteiger partial charge in [0.1, 0.15) is 4.90 Å². The van der Waals surface area contributed by atoms with Gasteiger partial charge in [-0.25, -0.2) is 8.42 Å². The average Bonchev–Trinajstić information content (AvgIpc) is 2.52. The van der Waals surface area contributed by atoms with Crippen molar-refractivity contribution in [1.82, 2.24) is 4.31 Å². The van der Waals surface area contributed by atoms with E-state index in [-0.39, 0.29) is 35.4 Å². The van der Waals surface area contributed by atoms with E-state index in [2.05, 4.69) is 0 Å². The molecule has 0 fully saturated rings. The van der Waals surface area contributed by atoms with Crippen LogP contribution in [0.2, 0.25) is 5.02 Å². The molecular formula is C16H20Cl2N2O2S. The van der Waals surface area contributed by atoms with Crippen molar-refractivity contribution >= 4 is 34.0 Å². The van der Waals surface area contributed by atoms with Crippen LogP contribution in [-0.4, -0.2) is 32.4 Å². The second-order valence-electron chi connectivity index (χ2n) is 4.86. The van der Waals surface area contributed by atoms with E-state index in [0.717, 1.165) is 5.56 Å². The topological polar surface area (TPSA) is 63.4 Å². The van der Waals surface area contributed by atoms with Crippen LogP contribution in [0.15, 0.2) is 59.5 Å². The predicted molar refractivity (Wildman–Crippen MR) is 96.7 cm³/mol. The van der Waals surface area contributed by atoms with Gasteiger partial charge in [-0.15, -0.1) is 12.4 Å². The van der Waals surface area contributed by atoms with Gasteiger partial charge in [-0.3, -0.25) is 0 Å². The molecule has 2 aromatic rings. The van der Waals surface area contributed by atoms with Gasteiger partial charge < -0.3 is 5.73 Å². The number of nitrogens with two attached hydrogens (primary N) is 1. The fourth-order valence-corrected chi connectivity index (χ4v) is 4.14. The zero-order valence-corrected chi connectivity index (χ0v) is 14.9. The van der Waals surface area contributed by atoms with Crippen LogP contribution in [0.25, 0.3) is 0 Å². The molecule has 2 N–H and O–H groups in total. The molecule has 0 bridgehead atoms. The Morgan fingerprint density at radius 3 is 2.17 bits per heavy atom. The second-order valence-corrected chi connectivity index (χ2v) is 7.17. The summed E-state index contributed by atoms with van der Waals surface area (Å²) in [5.74, 6) is 0. The number of hydrogen-bond donors (Lipinski definition) is 1. The first-order valence-electron chi connectivity index (χ1n) is 7.04. The predicted octanol–water partition coefficient (Wildman–Crippen LogP) is 2.95. The molecule has 4 nitrogen and oxygen atoms in total. The zero-order valence-electron chi connectivity index (χ0n) is 12.6. The van der Waals surface area contributed by atoms with Gasteiger partial charge in [0.25, 0.3) is 0 Å². The van der Waals surface area contributed by atoms with E-state index in [0.29, 0.717) is 13.0 Å². The quantitative estimate of drug-likeness (QED) is 0.809. The Labute approximate surface area is 148 Å². The van der Waals surface area contributed by atoms with Crippen molar-refractivity contribution < 1.29 is 8.42 Å². The first kappa shape index (κ1) is 19.9. The lowest BCUT2D eigenvalue weighted by Crippen LogP contribution is -2.37. The number of nitrogens with zero attached hydrogens (tertiary/aromatic N) is 1. The van der Waals surface area contributed by atoms with Gasteiger partial charge in [0, 0.05) is 19.6 Å². The number of halogens is 2. The van der Waals surface area contributed by atoms with Crippen molar-refractivity contribution in [2.24, 2.45) is 5.73 Å². The zero-order chi connectivity index (χ0) is 16.0. The Morgan fingerprint density at radius 2 is 1.57 bits per heavy atom. The lowest BCUT2D eigenvalue weighted by Gasteiger charge is -2.22. The molecule has 0 aromatic heterocycles. The molecule has 126 valence electrons. The molecule has 0 radical (unpaired) electrons. The number of sulfonamides is 1. The van der Waals surface area contributed by atoms with E-state index in [9.17, 15) is 8.42 Å². The van der Waals surface area contributed by atoms with Crippen LogP contribution < -0.4 is 5.73 Å². The first-order chi connectivity index (χ1) is 10.6. The van der Waals surface area contributed by atoms with Gasteiger partial charge in [-0.2, -0.15) is 4.31 Å². The minimum atomic E-state index is -3.64. The van der Waals surface area contributed by atoms with E-state index < -0.39 is 10.0 Å². The Morgan fingerprint density at radius 1 is 0.957 bits per heavy atom. The Bertz CT molecular complexity index is 709.